The zero-order valence-corrected chi connectivity index (χ0v) is 17.6. The van der Waals surface area contributed by atoms with Gasteiger partial charge in [-0.25, -0.2) is 4.79 Å². The van der Waals surface area contributed by atoms with Gasteiger partial charge in [0.1, 0.15) is 0 Å². The summed E-state index contributed by atoms with van der Waals surface area (Å²) in [5.74, 6) is -0.0518. The third-order valence-electron chi connectivity index (χ3n) is 5.54. The molecule has 6 nitrogen and oxygen atoms in total. The van der Waals surface area contributed by atoms with Crippen LogP contribution in [0.1, 0.15) is 60.9 Å². The summed E-state index contributed by atoms with van der Waals surface area (Å²) >= 11 is 0. The number of piperazine rings is 1. The fraction of sp³-hybridized carbons (Fsp3) is 0.714. The fourth-order valence-corrected chi connectivity index (χ4v) is 4.13. The van der Waals surface area contributed by atoms with E-state index in [9.17, 15) is 9.59 Å². The maximum Gasteiger partial charge on any atom is 0.340 e. The summed E-state index contributed by atoms with van der Waals surface area (Å²) in [4.78, 5) is 29.4. The molecular formula is C21H35N3O3. The molecule has 1 aliphatic heterocycles. The van der Waals surface area contributed by atoms with E-state index >= 15 is 0 Å². The molecule has 2 heterocycles. The first kappa shape index (κ1) is 21.5. The second kappa shape index (κ2) is 9.93. The van der Waals surface area contributed by atoms with Crippen LogP contribution in [-0.2, 0) is 22.5 Å². The molecule has 1 saturated heterocycles. The Labute approximate surface area is 163 Å². The largest absolute Gasteiger partial charge is 0.462 e. The molecular weight excluding hydrogens is 342 g/mol. The minimum absolute atomic E-state index is 0.213. The van der Waals surface area contributed by atoms with E-state index in [1.54, 1.807) is 0 Å². The van der Waals surface area contributed by atoms with Crippen molar-refractivity contribution >= 4 is 11.9 Å². The SMILES string of the molecule is CCCN1CCN(C(=O)CCc2c(C)c(C(=O)OCC)c(C)n2CC)CC1. The number of hydrogen-bond acceptors (Lipinski definition) is 4. The normalized spacial score (nSPS) is 15.2. The maximum atomic E-state index is 12.7. The quantitative estimate of drug-likeness (QED) is 0.654. The molecule has 0 bridgehead atoms. The van der Waals surface area contributed by atoms with Crippen LogP contribution in [-0.4, -0.2) is 65.6 Å². The standard InChI is InChI=1S/C21H35N3O3/c1-6-11-22-12-14-23(15-13-22)19(25)10-9-18-16(4)20(21(26)27-8-3)17(5)24(18)7-2/h6-15H2,1-5H3. The van der Waals surface area contributed by atoms with E-state index in [1.165, 1.54) is 0 Å². The van der Waals surface area contributed by atoms with Crippen molar-refractivity contribution in [1.82, 2.24) is 14.4 Å². The van der Waals surface area contributed by atoms with Crippen LogP contribution in [0.2, 0.25) is 0 Å². The van der Waals surface area contributed by atoms with Crippen molar-refractivity contribution < 1.29 is 14.3 Å². The molecule has 6 heteroatoms. The van der Waals surface area contributed by atoms with Crippen molar-refractivity contribution in [3.8, 4) is 0 Å². The van der Waals surface area contributed by atoms with Gasteiger partial charge in [-0.15, -0.1) is 0 Å². The number of nitrogens with zero attached hydrogens (tertiary/aromatic N) is 3. The van der Waals surface area contributed by atoms with E-state index in [4.69, 9.17) is 4.74 Å². The fourth-order valence-electron chi connectivity index (χ4n) is 4.13. The molecule has 0 aliphatic carbocycles. The van der Waals surface area contributed by atoms with Crippen molar-refractivity contribution in [1.29, 1.82) is 0 Å². The van der Waals surface area contributed by atoms with Crippen LogP contribution in [0.3, 0.4) is 0 Å². The van der Waals surface area contributed by atoms with Crippen LogP contribution in [0.5, 0.6) is 0 Å². The number of carbonyl (C=O) groups excluding carboxylic acids is 2. The first-order valence-electron chi connectivity index (χ1n) is 10.3. The van der Waals surface area contributed by atoms with Crippen molar-refractivity contribution in [2.75, 3.05) is 39.3 Å². The molecule has 1 aromatic heterocycles. The van der Waals surface area contributed by atoms with Crippen molar-refractivity contribution in [3.63, 3.8) is 0 Å². The van der Waals surface area contributed by atoms with Gasteiger partial charge in [0, 0.05) is 50.5 Å². The van der Waals surface area contributed by atoms with Gasteiger partial charge in [0.15, 0.2) is 0 Å². The third-order valence-corrected chi connectivity index (χ3v) is 5.54. The van der Waals surface area contributed by atoms with Crippen molar-refractivity contribution in [3.05, 3.63) is 22.5 Å². The molecule has 27 heavy (non-hydrogen) atoms. The first-order valence-corrected chi connectivity index (χ1v) is 10.3. The zero-order chi connectivity index (χ0) is 20.0. The van der Waals surface area contributed by atoms with Crippen LogP contribution in [0.15, 0.2) is 0 Å². The average Bonchev–Trinajstić information content (AvgIpc) is 2.90. The molecule has 0 spiro atoms. The summed E-state index contributed by atoms with van der Waals surface area (Å²) < 4.78 is 7.37. The van der Waals surface area contributed by atoms with Gasteiger partial charge in [0.2, 0.25) is 5.91 Å². The highest BCUT2D eigenvalue weighted by Crippen LogP contribution is 2.24. The molecule has 0 N–H and O–H groups in total. The monoisotopic (exact) mass is 377 g/mol. The van der Waals surface area contributed by atoms with E-state index in [1.807, 2.05) is 25.7 Å². The molecule has 1 aliphatic rings. The molecule has 1 aromatic rings. The number of carbonyl (C=O) groups is 2. The second-order valence-corrected chi connectivity index (χ2v) is 7.22. The molecule has 152 valence electrons. The van der Waals surface area contributed by atoms with Crippen LogP contribution in [0, 0.1) is 13.8 Å². The van der Waals surface area contributed by atoms with Crippen LogP contribution in [0.4, 0.5) is 0 Å². The predicted molar refractivity (Wildman–Crippen MR) is 107 cm³/mol. The predicted octanol–water partition coefficient (Wildman–Crippen LogP) is 2.79. The second-order valence-electron chi connectivity index (χ2n) is 7.22. The minimum atomic E-state index is -0.265. The Kier molecular flexibility index (Phi) is 7.90. The summed E-state index contributed by atoms with van der Waals surface area (Å²) in [7, 11) is 0. The number of esters is 1. The van der Waals surface area contributed by atoms with Crippen LogP contribution in [0.25, 0.3) is 0 Å². The highest BCUT2D eigenvalue weighted by atomic mass is 16.5. The lowest BCUT2D eigenvalue weighted by Gasteiger charge is -2.34. The summed E-state index contributed by atoms with van der Waals surface area (Å²) in [6, 6.07) is 0. The average molecular weight is 378 g/mol. The number of amides is 1. The summed E-state index contributed by atoms with van der Waals surface area (Å²) in [5, 5.41) is 0. The third kappa shape index (κ3) is 4.92. The highest BCUT2D eigenvalue weighted by Gasteiger charge is 2.25. The molecule has 0 aromatic carbocycles. The zero-order valence-electron chi connectivity index (χ0n) is 17.6. The van der Waals surface area contributed by atoms with E-state index in [0.717, 1.165) is 62.6 Å². The lowest BCUT2D eigenvalue weighted by atomic mass is 10.1. The van der Waals surface area contributed by atoms with Gasteiger partial charge in [0.05, 0.1) is 12.2 Å². The summed E-state index contributed by atoms with van der Waals surface area (Å²) in [5.41, 5.74) is 3.63. The van der Waals surface area contributed by atoms with E-state index in [-0.39, 0.29) is 11.9 Å². The Bertz CT molecular complexity index is 658. The lowest BCUT2D eigenvalue weighted by molar-refractivity contribution is -0.132. The summed E-state index contributed by atoms with van der Waals surface area (Å²) in [6.07, 6.45) is 2.30. The Morgan fingerprint density at radius 1 is 1.04 bits per heavy atom. The Morgan fingerprint density at radius 3 is 2.26 bits per heavy atom. The van der Waals surface area contributed by atoms with Gasteiger partial charge in [-0.3, -0.25) is 9.69 Å². The first-order chi connectivity index (χ1) is 12.9. The molecule has 0 radical (unpaired) electrons. The van der Waals surface area contributed by atoms with Gasteiger partial charge in [-0.1, -0.05) is 6.92 Å². The maximum absolute atomic E-state index is 12.7. The molecule has 1 fully saturated rings. The summed E-state index contributed by atoms with van der Waals surface area (Å²) in [6.45, 7) is 15.8. The topological polar surface area (TPSA) is 54.8 Å². The van der Waals surface area contributed by atoms with Crippen molar-refractivity contribution in [2.24, 2.45) is 0 Å². The number of rotatable bonds is 8. The van der Waals surface area contributed by atoms with Crippen LogP contribution >= 0.6 is 0 Å². The Balaban J connectivity index is 2.04. The lowest BCUT2D eigenvalue weighted by Crippen LogP contribution is -2.48. The Morgan fingerprint density at radius 2 is 1.70 bits per heavy atom. The van der Waals surface area contributed by atoms with Crippen molar-refractivity contribution in [2.45, 2.75) is 60.4 Å². The van der Waals surface area contributed by atoms with Gasteiger partial charge in [-0.05, 0) is 52.6 Å². The van der Waals surface area contributed by atoms with Gasteiger partial charge < -0.3 is 14.2 Å². The molecule has 0 unspecified atom stereocenters. The van der Waals surface area contributed by atoms with Gasteiger partial charge in [-0.2, -0.15) is 0 Å². The van der Waals surface area contributed by atoms with E-state index in [2.05, 4.69) is 23.3 Å². The van der Waals surface area contributed by atoms with E-state index < -0.39 is 0 Å². The number of aromatic nitrogens is 1. The van der Waals surface area contributed by atoms with Gasteiger partial charge in [0.25, 0.3) is 0 Å². The smallest absolute Gasteiger partial charge is 0.340 e. The Hall–Kier alpha value is -1.82. The van der Waals surface area contributed by atoms with E-state index in [0.29, 0.717) is 25.0 Å². The van der Waals surface area contributed by atoms with Crippen LogP contribution < -0.4 is 0 Å². The van der Waals surface area contributed by atoms with Gasteiger partial charge >= 0.3 is 5.97 Å². The molecule has 0 atom stereocenters. The number of hydrogen-bond donors (Lipinski definition) is 0. The number of ether oxygens (including phenoxy) is 1. The molecule has 0 saturated carbocycles. The minimum Gasteiger partial charge on any atom is -0.462 e. The molecule has 1 amide bonds. The molecule has 2 rings (SSSR count). The highest BCUT2D eigenvalue weighted by molar-refractivity contribution is 5.93.